The Morgan fingerprint density at radius 1 is 1.00 bits per heavy atom. The first-order chi connectivity index (χ1) is 14.9. The maximum absolute atomic E-state index is 12.9. The number of anilines is 1. The Morgan fingerprint density at radius 2 is 1.81 bits per heavy atom. The number of pyridine rings is 1. The zero-order chi connectivity index (χ0) is 21.8. The van der Waals surface area contributed by atoms with Crippen molar-refractivity contribution < 1.29 is 17.6 Å². The Labute approximate surface area is 180 Å². The van der Waals surface area contributed by atoms with Crippen LogP contribution in [0.15, 0.2) is 74.9 Å². The van der Waals surface area contributed by atoms with Crippen LogP contribution in [0.3, 0.4) is 0 Å². The molecule has 9 heteroatoms. The minimum Gasteiger partial charge on any atom is -0.454 e. The van der Waals surface area contributed by atoms with Crippen molar-refractivity contribution in [3.05, 3.63) is 82.7 Å². The van der Waals surface area contributed by atoms with Crippen molar-refractivity contribution in [2.75, 3.05) is 18.4 Å². The van der Waals surface area contributed by atoms with Gasteiger partial charge in [0, 0.05) is 31.0 Å². The van der Waals surface area contributed by atoms with Gasteiger partial charge >= 0.3 is 0 Å². The van der Waals surface area contributed by atoms with Gasteiger partial charge in [0.05, 0.1) is 11.4 Å². The average molecular weight is 442 g/mol. The van der Waals surface area contributed by atoms with Gasteiger partial charge in [0.15, 0.2) is 5.76 Å². The monoisotopic (exact) mass is 441 g/mol. The van der Waals surface area contributed by atoms with Crippen LogP contribution in [0.1, 0.15) is 35.6 Å². The van der Waals surface area contributed by atoms with Crippen molar-refractivity contribution in [2.24, 2.45) is 0 Å². The molecule has 1 amide bonds. The molecule has 3 heterocycles. The number of piperidine rings is 1. The van der Waals surface area contributed by atoms with Crippen LogP contribution >= 0.6 is 0 Å². The molecular formula is C22H23N3O5S. The fourth-order valence-electron chi connectivity index (χ4n) is 3.53. The number of aromatic nitrogens is 1. The summed E-state index contributed by atoms with van der Waals surface area (Å²) in [7, 11) is -3.59. The Kier molecular flexibility index (Phi) is 6.06. The summed E-state index contributed by atoms with van der Waals surface area (Å²) in [6.07, 6.45) is 4.38. The van der Waals surface area contributed by atoms with Crippen molar-refractivity contribution in [1.29, 1.82) is 0 Å². The summed E-state index contributed by atoms with van der Waals surface area (Å²) in [5, 5.41) is 2.68. The Hall–Kier alpha value is -3.17. The van der Waals surface area contributed by atoms with Crippen LogP contribution in [0.5, 0.6) is 0 Å². The number of nitrogens with one attached hydrogen (secondary N) is 1. The quantitative estimate of drug-likeness (QED) is 0.634. The number of hydrogen-bond donors (Lipinski definition) is 1. The fraction of sp³-hybridized carbons (Fsp3) is 0.273. The molecule has 1 saturated heterocycles. The average Bonchev–Trinajstić information content (AvgIpc) is 3.25. The molecule has 3 aromatic rings. The first kappa shape index (κ1) is 21.1. The minimum atomic E-state index is -3.59. The van der Waals surface area contributed by atoms with E-state index in [1.165, 1.54) is 33.1 Å². The van der Waals surface area contributed by atoms with Crippen molar-refractivity contribution >= 4 is 21.6 Å². The van der Waals surface area contributed by atoms with E-state index in [0.29, 0.717) is 24.5 Å². The second-order valence-corrected chi connectivity index (χ2v) is 9.32. The normalized spacial score (nSPS) is 15.0. The molecule has 1 aliphatic rings. The molecule has 0 bridgehead atoms. The topological polar surface area (TPSA) is 102 Å². The van der Waals surface area contributed by atoms with Gasteiger partial charge in [-0.3, -0.25) is 9.59 Å². The van der Waals surface area contributed by atoms with Crippen LogP contribution in [0.4, 0.5) is 5.69 Å². The Balaban J connectivity index is 1.47. The molecule has 0 spiro atoms. The Morgan fingerprint density at radius 3 is 2.58 bits per heavy atom. The number of benzene rings is 1. The summed E-state index contributed by atoms with van der Waals surface area (Å²) in [4.78, 5) is 24.5. The van der Waals surface area contributed by atoms with Gasteiger partial charge in [-0.15, -0.1) is 0 Å². The predicted octanol–water partition coefficient (Wildman–Crippen LogP) is 2.92. The van der Waals surface area contributed by atoms with Gasteiger partial charge in [-0.2, -0.15) is 4.31 Å². The van der Waals surface area contributed by atoms with Crippen LogP contribution in [-0.4, -0.2) is 36.3 Å². The van der Waals surface area contributed by atoms with E-state index in [-0.39, 0.29) is 22.8 Å². The van der Waals surface area contributed by atoms with E-state index in [0.717, 1.165) is 19.3 Å². The van der Waals surface area contributed by atoms with Crippen molar-refractivity contribution in [3.63, 3.8) is 0 Å². The lowest BCUT2D eigenvalue weighted by molar-refractivity contribution is 0.0994. The second-order valence-electron chi connectivity index (χ2n) is 7.38. The number of carbonyl (C=O) groups excluding carboxylic acids is 1. The highest BCUT2D eigenvalue weighted by molar-refractivity contribution is 7.89. The smallest absolute Gasteiger partial charge is 0.291 e. The van der Waals surface area contributed by atoms with E-state index >= 15 is 0 Å². The van der Waals surface area contributed by atoms with Gasteiger partial charge in [-0.25, -0.2) is 8.42 Å². The van der Waals surface area contributed by atoms with Crippen LogP contribution < -0.4 is 10.9 Å². The largest absolute Gasteiger partial charge is 0.454 e. The highest BCUT2D eigenvalue weighted by Crippen LogP contribution is 2.23. The predicted molar refractivity (Wildman–Crippen MR) is 116 cm³/mol. The number of hydrogen-bond acceptors (Lipinski definition) is 5. The summed E-state index contributed by atoms with van der Waals surface area (Å²) in [6, 6.07) is 14.2. The summed E-state index contributed by atoms with van der Waals surface area (Å²) < 4.78 is 34.3. The molecule has 162 valence electrons. The standard InChI is InChI=1S/C22H23N3O5S/c26-21-9-2-5-12-24(21)16-18-10-11-20(30-18)22(27)23-17-7-6-8-19(15-17)31(28,29)25-13-3-1-4-14-25/h2,5-12,15H,1,3-4,13-14,16H2,(H,23,27). The van der Waals surface area contributed by atoms with Gasteiger partial charge in [-0.1, -0.05) is 18.6 Å². The van der Waals surface area contributed by atoms with Crippen LogP contribution in [0.25, 0.3) is 0 Å². The van der Waals surface area contributed by atoms with Crippen LogP contribution in [-0.2, 0) is 16.6 Å². The van der Waals surface area contributed by atoms with Crippen LogP contribution in [0, 0.1) is 0 Å². The SMILES string of the molecule is O=C(Nc1cccc(S(=O)(=O)N2CCCCC2)c1)c1ccc(Cn2ccccc2=O)o1. The van der Waals surface area contributed by atoms with Crippen molar-refractivity contribution in [1.82, 2.24) is 8.87 Å². The number of rotatable bonds is 6. The van der Waals surface area contributed by atoms with Crippen molar-refractivity contribution in [3.8, 4) is 0 Å². The fourth-order valence-corrected chi connectivity index (χ4v) is 5.09. The molecular weight excluding hydrogens is 418 g/mol. The Bertz CT molecular complexity index is 1240. The maximum atomic E-state index is 12.9. The number of nitrogens with zero attached hydrogens (tertiary/aromatic N) is 2. The summed E-state index contributed by atoms with van der Waals surface area (Å²) in [6.45, 7) is 1.23. The highest BCUT2D eigenvalue weighted by atomic mass is 32.2. The lowest BCUT2D eigenvalue weighted by atomic mass is 10.2. The second kappa shape index (κ2) is 8.91. The van der Waals surface area contributed by atoms with Gasteiger partial charge in [0.2, 0.25) is 10.0 Å². The number of carbonyl (C=O) groups is 1. The highest BCUT2D eigenvalue weighted by Gasteiger charge is 2.26. The molecule has 0 aliphatic carbocycles. The van der Waals surface area contributed by atoms with E-state index in [2.05, 4.69) is 5.32 Å². The third kappa shape index (κ3) is 4.78. The van der Waals surface area contributed by atoms with Gasteiger partial charge < -0.3 is 14.3 Å². The minimum absolute atomic E-state index is 0.0725. The molecule has 2 aromatic heterocycles. The van der Waals surface area contributed by atoms with E-state index in [1.54, 1.807) is 36.5 Å². The number of sulfonamides is 1. The van der Waals surface area contributed by atoms with Crippen LogP contribution in [0.2, 0.25) is 0 Å². The maximum Gasteiger partial charge on any atom is 0.291 e. The zero-order valence-electron chi connectivity index (χ0n) is 16.9. The lowest BCUT2D eigenvalue weighted by Crippen LogP contribution is -2.35. The van der Waals surface area contributed by atoms with Gasteiger partial charge in [0.1, 0.15) is 5.76 Å². The molecule has 0 radical (unpaired) electrons. The summed E-state index contributed by atoms with van der Waals surface area (Å²) in [5.74, 6) is 0.0299. The molecule has 1 aliphatic heterocycles. The molecule has 1 fully saturated rings. The van der Waals surface area contributed by atoms with E-state index in [4.69, 9.17) is 4.42 Å². The first-order valence-corrected chi connectivity index (χ1v) is 11.5. The third-order valence-corrected chi connectivity index (χ3v) is 7.05. The molecule has 0 unspecified atom stereocenters. The molecule has 0 saturated carbocycles. The molecule has 1 N–H and O–H groups in total. The summed E-state index contributed by atoms with van der Waals surface area (Å²) in [5.41, 5.74) is 0.192. The van der Waals surface area contributed by atoms with Gasteiger partial charge in [-0.05, 0) is 49.2 Å². The number of furan rings is 1. The number of amides is 1. The molecule has 0 atom stereocenters. The zero-order valence-corrected chi connectivity index (χ0v) is 17.7. The van der Waals surface area contributed by atoms with E-state index in [9.17, 15) is 18.0 Å². The van der Waals surface area contributed by atoms with Crippen molar-refractivity contribution in [2.45, 2.75) is 30.7 Å². The van der Waals surface area contributed by atoms with E-state index < -0.39 is 15.9 Å². The molecule has 1 aromatic carbocycles. The first-order valence-electron chi connectivity index (χ1n) is 10.1. The summed E-state index contributed by atoms with van der Waals surface area (Å²) >= 11 is 0. The molecule has 8 nitrogen and oxygen atoms in total. The lowest BCUT2D eigenvalue weighted by Gasteiger charge is -2.26. The molecule has 31 heavy (non-hydrogen) atoms. The van der Waals surface area contributed by atoms with Gasteiger partial charge in [0.25, 0.3) is 11.5 Å². The molecule has 4 rings (SSSR count). The van der Waals surface area contributed by atoms with E-state index in [1.807, 2.05) is 0 Å². The third-order valence-electron chi connectivity index (χ3n) is 5.16.